The number of piperidine rings is 2. The highest BCUT2D eigenvalue weighted by molar-refractivity contribution is 7.11. The van der Waals surface area contributed by atoms with Gasteiger partial charge < -0.3 is 25.6 Å². The maximum absolute atomic E-state index is 13.7. The molecule has 1 aromatic heterocycles. The summed E-state index contributed by atoms with van der Waals surface area (Å²) in [6.07, 6.45) is 6.45. The third-order valence-corrected chi connectivity index (χ3v) is 12.5. The van der Waals surface area contributed by atoms with Gasteiger partial charge in [-0.05, 0) is 100 Å². The summed E-state index contributed by atoms with van der Waals surface area (Å²) in [5.74, 6) is 1.53. The summed E-state index contributed by atoms with van der Waals surface area (Å²) in [5, 5.41) is 10.3. The topological polar surface area (TPSA) is 133 Å². The van der Waals surface area contributed by atoms with Crippen LogP contribution in [0.3, 0.4) is 0 Å². The molecule has 0 aliphatic carbocycles. The Balaban J connectivity index is 1.12. The molecule has 4 bridgehead atoms. The summed E-state index contributed by atoms with van der Waals surface area (Å²) in [5.41, 5.74) is 2.61. The predicted molar refractivity (Wildman–Crippen MR) is 210 cm³/mol. The molecule has 4 aliphatic rings. The van der Waals surface area contributed by atoms with Crippen molar-refractivity contribution in [2.24, 2.45) is 11.8 Å². The maximum atomic E-state index is 13.7. The molecule has 2 saturated heterocycles. The van der Waals surface area contributed by atoms with Crippen LogP contribution in [0.2, 0.25) is 0 Å². The standard InChI is InChI=1S/C42H56N6O5S/c1-29-37-26-39(50)45-35(12-6-7-18-44-41(52)31-10-4-3-5-11-31)25-38(49)43-19-14-34-28-47(27-30-9-8-13-36(23-30)53-2)20-15-33(34)24-40(51)48-21-16-32(17-22-48)42(46-37)54-29/h3-5,8-11,13,23,32-35H,6-7,12,14-22,24-28H2,1-2H3,(H,43,49)(H,44,52)(H,45,50)/t33-,34-,35-/m0/s1. The second-order valence-electron chi connectivity index (χ2n) is 15.2. The van der Waals surface area contributed by atoms with E-state index in [0.29, 0.717) is 31.5 Å². The number of carbonyl (C=O) groups excluding carboxylic acids is 4. The molecule has 12 heteroatoms. The Morgan fingerprint density at radius 1 is 0.944 bits per heavy atom. The number of methoxy groups -OCH3 is 1. The Morgan fingerprint density at radius 3 is 2.56 bits per heavy atom. The number of unbranched alkanes of at least 4 members (excludes halogenated alkanes) is 1. The van der Waals surface area contributed by atoms with Crippen molar-refractivity contribution in [2.75, 3.05) is 46.4 Å². The fourth-order valence-electron chi connectivity index (χ4n) is 8.20. The van der Waals surface area contributed by atoms with Crippen LogP contribution in [0.1, 0.15) is 95.2 Å². The zero-order valence-corrected chi connectivity index (χ0v) is 32.6. The lowest BCUT2D eigenvalue weighted by molar-refractivity contribution is -0.134. The van der Waals surface area contributed by atoms with Gasteiger partial charge in [0.15, 0.2) is 0 Å². The Morgan fingerprint density at radius 2 is 1.76 bits per heavy atom. The third kappa shape index (κ3) is 11.1. The number of aromatic nitrogens is 1. The van der Waals surface area contributed by atoms with Crippen molar-refractivity contribution in [3.63, 3.8) is 0 Å². The van der Waals surface area contributed by atoms with Gasteiger partial charge in [0.05, 0.1) is 24.2 Å². The molecule has 0 radical (unpaired) electrons. The van der Waals surface area contributed by atoms with E-state index in [0.717, 1.165) is 92.6 Å². The summed E-state index contributed by atoms with van der Waals surface area (Å²) in [4.78, 5) is 63.5. The molecule has 0 spiro atoms. The first-order chi connectivity index (χ1) is 26.2. The number of carbonyl (C=O) groups is 4. The number of thiazole rings is 1. The maximum Gasteiger partial charge on any atom is 0.251 e. The lowest BCUT2D eigenvalue weighted by atomic mass is 9.80. The van der Waals surface area contributed by atoms with Crippen molar-refractivity contribution in [3.8, 4) is 5.75 Å². The fourth-order valence-corrected chi connectivity index (χ4v) is 9.31. The van der Waals surface area contributed by atoms with Crippen molar-refractivity contribution in [1.29, 1.82) is 0 Å². The van der Waals surface area contributed by atoms with Gasteiger partial charge in [-0.1, -0.05) is 30.3 Å². The van der Waals surface area contributed by atoms with E-state index in [1.54, 1.807) is 30.6 Å². The fraction of sp³-hybridized carbons (Fsp3) is 0.548. The Labute approximate surface area is 323 Å². The first-order valence-electron chi connectivity index (χ1n) is 19.7. The van der Waals surface area contributed by atoms with Crippen LogP contribution in [0.15, 0.2) is 54.6 Å². The van der Waals surface area contributed by atoms with E-state index in [4.69, 9.17) is 9.72 Å². The molecule has 3 atom stereocenters. The van der Waals surface area contributed by atoms with Gasteiger partial charge in [0, 0.05) is 74.5 Å². The van der Waals surface area contributed by atoms with E-state index in [-0.39, 0.29) is 60.3 Å². The zero-order chi connectivity index (χ0) is 37.9. The molecule has 0 saturated carbocycles. The number of amides is 4. The smallest absolute Gasteiger partial charge is 0.251 e. The molecule has 5 heterocycles. The molecule has 11 nitrogen and oxygen atoms in total. The summed E-state index contributed by atoms with van der Waals surface area (Å²) in [6, 6.07) is 17.0. The summed E-state index contributed by atoms with van der Waals surface area (Å²) in [7, 11) is 1.68. The molecule has 3 N–H and O–H groups in total. The summed E-state index contributed by atoms with van der Waals surface area (Å²) < 4.78 is 5.46. The van der Waals surface area contributed by atoms with Crippen LogP contribution in [-0.4, -0.2) is 90.8 Å². The van der Waals surface area contributed by atoms with Crippen LogP contribution in [0.5, 0.6) is 5.75 Å². The van der Waals surface area contributed by atoms with Gasteiger partial charge in [-0.25, -0.2) is 4.98 Å². The van der Waals surface area contributed by atoms with Crippen LogP contribution < -0.4 is 20.7 Å². The Kier molecular flexibility index (Phi) is 14.1. The van der Waals surface area contributed by atoms with Crippen LogP contribution >= 0.6 is 11.3 Å². The molecule has 3 aromatic rings. The second kappa shape index (κ2) is 19.3. The Bertz CT molecular complexity index is 1720. The number of fused-ring (bicyclic) bond motifs is 11. The molecule has 2 aromatic carbocycles. The molecule has 54 heavy (non-hydrogen) atoms. The van der Waals surface area contributed by atoms with E-state index in [1.165, 1.54) is 5.56 Å². The number of nitrogens with zero attached hydrogens (tertiary/aromatic N) is 3. The van der Waals surface area contributed by atoms with Gasteiger partial charge in [-0.15, -0.1) is 11.3 Å². The van der Waals surface area contributed by atoms with Gasteiger partial charge in [-0.3, -0.25) is 24.1 Å². The lowest BCUT2D eigenvalue weighted by Crippen LogP contribution is -2.45. The van der Waals surface area contributed by atoms with Gasteiger partial charge in [-0.2, -0.15) is 0 Å². The van der Waals surface area contributed by atoms with Crippen molar-refractivity contribution in [3.05, 3.63) is 81.3 Å². The SMILES string of the molecule is COc1cccc(CN2CC[C@H]3CC(=O)N4CCC(CC4)c4nc(c(C)s4)CC(=O)N[C@@H](CCCCNC(=O)c4ccccc4)CC(=O)NCC[C@H]3C2)c1. The molecule has 290 valence electrons. The highest BCUT2D eigenvalue weighted by atomic mass is 32.1. The number of nitrogens with one attached hydrogen (secondary N) is 3. The van der Waals surface area contributed by atoms with Gasteiger partial charge in [0.2, 0.25) is 17.7 Å². The minimum Gasteiger partial charge on any atom is -0.497 e. The van der Waals surface area contributed by atoms with E-state index >= 15 is 0 Å². The number of hydrogen-bond donors (Lipinski definition) is 3. The lowest BCUT2D eigenvalue weighted by Gasteiger charge is -2.40. The highest BCUT2D eigenvalue weighted by Gasteiger charge is 2.34. The van der Waals surface area contributed by atoms with Crippen molar-refractivity contribution < 1.29 is 23.9 Å². The number of benzene rings is 2. The average molecular weight is 757 g/mol. The Hall–Kier alpha value is -4.29. The zero-order valence-electron chi connectivity index (χ0n) is 31.8. The molecule has 4 aliphatic heterocycles. The summed E-state index contributed by atoms with van der Waals surface area (Å²) in [6.45, 7) is 7.09. The predicted octanol–water partition coefficient (Wildman–Crippen LogP) is 5.23. The second-order valence-corrected chi connectivity index (χ2v) is 16.4. The monoisotopic (exact) mass is 756 g/mol. The largest absolute Gasteiger partial charge is 0.497 e. The average Bonchev–Trinajstić information content (AvgIpc) is 3.54. The van der Waals surface area contributed by atoms with Gasteiger partial charge in [0.25, 0.3) is 5.91 Å². The first-order valence-corrected chi connectivity index (χ1v) is 20.5. The highest BCUT2D eigenvalue weighted by Crippen LogP contribution is 2.35. The van der Waals surface area contributed by atoms with Crippen LogP contribution in [-0.2, 0) is 27.3 Å². The molecule has 0 unspecified atom stereocenters. The number of likely N-dealkylation sites (tertiary alicyclic amines) is 1. The van der Waals surface area contributed by atoms with E-state index in [1.807, 2.05) is 42.2 Å². The van der Waals surface area contributed by atoms with Crippen LogP contribution in [0.25, 0.3) is 0 Å². The minimum atomic E-state index is -0.339. The quantitative estimate of drug-likeness (QED) is 0.255. The van der Waals surface area contributed by atoms with Crippen molar-refractivity contribution >= 4 is 35.0 Å². The summed E-state index contributed by atoms with van der Waals surface area (Å²) >= 11 is 1.66. The molecular weight excluding hydrogens is 701 g/mol. The van der Waals surface area contributed by atoms with Crippen molar-refractivity contribution in [2.45, 2.75) is 89.6 Å². The van der Waals surface area contributed by atoms with Crippen LogP contribution in [0, 0.1) is 18.8 Å². The van der Waals surface area contributed by atoms with E-state index in [9.17, 15) is 19.2 Å². The van der Waals surface area contributed by atoms with Crippen molar-refractivity contribution in [1.82, 2.24) is 30.7 Å². The molecule has 2 fully saturated rings. The van der Waals surface area contributed by atoms with Crippen LogP contribution in [0.4, 0.5) is 0 Å². The number of aryl methyl sites for hydroxylation is 1. The van der Waals surface area contributed by atoms with Gasteiger partial charge >= 0.3 is 0 Å². The van der Waals surface area contributed by atoms with E-state index < -0.39 is 0 Å². The van der Waals surface area contributed by atoms with E-state index in [2.05, 4.69) is 33.0 Å². The third-order valence-electron chi connectivity index (χ3n) is 11.3. The molecular formula is C42H56N6O5S. The molecule has 4 amide bonds. The number of ether oxygens (including phenoxy) is 1. The number of hydrogen-bond acceptors (Lipinski definition) is 8. The molecule has 7 rings (SSSR count). The van der Waals surface area contributed by atoms with Gasteiger partial charge in [0.1, 0.15) is 5.75 Å². The normalized spacial score (nSPS) is 23.2. The number of rotatable bonds is 9. The first kappa shape index (κ1) is 39.4. The minimum absolute atomic E-state index is 0.0979.